The number of hydrogen-bond acceptors (Lipinski definition) is 5. The molecule has 0 aliphatic rings. The molecule has 27 heavy (non-hydrogen) atoms. The van der Waals surface area contributed by atoms with Crippen LogP contribution in [0.4, 0.5) is 0 Å². The van der Waals surface area contributed by atoms with Crippen LogP contribution in [0.5, 0.6) is 5.75 Å². The van der Waals surface area contributed by atoms with Crippen LogP contribution in [0.1, 0.15) is 24.2 Å². The summed E-state index contributed by atoms with van der Waals surface area (Å²) in [4.78, 5) is 35.9. The summed E-state index contributed by atoms with van der Waals surface area (Å²) >= 11 is 5.78. The highest BCUT2D eigenvalue weighted by Gasteiger charge is 2.23. The summed E-state index contributed by atoms with van der Waals surface area (Å²) in [5, 5.41) is 0.542. The second-order valence-corrected chi connectivity index (χ2v) is 6.04. The summed E-state index contributed by atoms with van der Waals surface area (Å²) in [5.74, 6) is -1.44. The molecule has 0 aliphatic carbocycles. The lowest BCUT2D eigenvalue weighted by atomic mass is 10.2. The van der Waals surface area contributed by atoms with Crippen molar-refractivity contribution in [3.8, 4) is 5.75 Å². The van der Waals surface area contributed by atoms with Crippen molar-refractivity contribution in [2.75, 3.05) is 0 Å². The second kappa shape index (κ2) is 9.59. The first kappa shape index (κ1) is 20.3. The van der Waals surface area contributed by atoms with E-state index in [0.717, 1.165) is 0 Å². The first-order valence-electron chi connectivity index (χ1n) is 8.15. The van der Waals surface area contributed by atoms with Crippen LogP contribution in [0.3, 0.4) is 0 Å². The van der Waals surface area contributed by atoms with E-state index in [0.29, 0.717) is 16.3 Å². The van der Waals surface area contributed by atoms with Gasteiger partial charge in [-0.2, -0.15) is 0 Å². The van der Waals surface area contributed by atoms with Crippen LogP contribution in [0.15, 0.2) is 54.6 Å². The molecule has 2 atom stereocenters. The van der Waals surface area contributed by atoms with Gasteiger partial charge in [0, 0.05) is 10.6 Å². The minimum Gasteiger partial charge on any atom is -0.479 e. The average molecular weight is 391 g/mol. The van der Waals surface area contributed by atoms with Crippen LogP contribution >= 0.6 is 11.6 Å². The Hall–Kier alpha value is -3.06. The molecule has 2 amide bonds. The molecule has 142 valence electrons. The number of esters is 1. The predicted molar refractivity (Wildman–Crippen MR) is 99.1 cm³/mol. The van der Waals surface area contributed by atoms with E-state index in [-0.39, 0.29) is 0 Å². The molecule has 0 fully saturated rings. The van der Waals surface area contributed by atoms with Crippen molar-refractivity contribution in [1.29, 1.82) is 0 Å². The van der Waals surface area contributed by atoms with E-state index in [1.165, 1.54) is 13.8 Å². The normalized spacial score (nSPS) is 12.4. The Balaban J connectivity index is 1.79. The lowest BCUT2D eigenvalue weighted by Crippen LogP contribution is -2.47. The van der Waals surface area contributed by atoms with Crippen LogP contribution in [-0.4, -0.2) is 30.0 Å². The topological polar surface area (TPSA) is 93.7 Å². The highest BCUT2D eigenvalue weighted by molar-refractivity contribution is 6.30. The maximum absolute atomic E-state index is 12.0. The second-order valence-electron chi connectivity index (χ2n) is 5.60. The average Bonchev–Trinajstić information content (AvgIpc) is 2.68. The van der Waals surface area contributed by atoms with Crippen molar-refractivity contribution in [1.82, 2.24) is 10.9 Å². The number of nitrogens with one attached hydrogen (secondary N) is 2. The van der Waals surface area contributed by atoms with Gasteiger partial charge in [0.2, 0.25) is 0 Å². The van der Waals surface area contributed by atoms with E-state index >= 15 is 0 Å². The van der Waals surface area contributed by atoms with Gasteiger partial charge >= 0.3 is 5.97 Å². The van der Waals surface area contributed by atoms with Gasteiger partial charge in [-0.3, -0.25) is 20.4 Å². The SMILES string of the molecule is C[C@@H](OC(=O)[C@@H](C)Oc1ccc(Cl)cc1)C(=O)NNC(=O)c1ccccc1. The van der Waals surface area contributed by atoms with Crippen molar-refractivity contribution < 1.29 is 23.9 Å². The Morgan fingerprint density at radius 2 is 1.52 bits per heavy atom. The first-order chi connectivity index (χ1) is 12.9. The Morgan fingerprint density at radius 3 is 2.15 bits per heavy atom. The Labute approximate surface area is 161 Å². The molecule has 2 aromatic carbocycles. The van der Waals surface area contributed by atoms with Gasteiger partial charge in [0.1, 0.15) is 5.75 Å². The lowest BCUT2D eigenvalue weighted by molar-refractivity contribution is -0.161. The number of carbonyl (C=O) groups is 3. The Morgan fingerprint density at radius 1 is 0.889 bits per heavy atom. The molecular weight excluding hydrogens is 372 g/mol. The molecule has 7 nitrogen and oxygen atoms in total. The standard InChI is InChI=1S/C19H19ClN2O5/c1-12(17(23)21-22-18(24)14-6-4-3-5-7-14)27-19(25)13(2)26-16-10-8-15(20)9-11-16/h3-13H,1-2H3,(H,21,23)(H,22,24)/t12-,13-/m1/s1. The van der Waals surface area contributed by atoms with Gasteiger partial charge in [-0.15, -0.1) is 0 Å². The van der Waals surface area contributed by atoms with E-state index in [9.17, 15) is 14.4 Å². The molecule has 2 aromatic rings. The Kier molecular flexibility index (Phi) is 7.19. The zero-order valence-electron chi connectivity index (χ0n) is 14.8. The summed E-state index contributed by atoms with van der Waals surface area (Å²) in [6, 6.07) is 14.8. The number of hydrazine groups is 1. The molecule has 8 heteroatoms. The zero-order chi connectivity index (χ0) is 19.8. The summed E-state index contributed by atoms with van der Waals surface area (Å²) in [6.45, 7) is 2.88. The summed E-state index contributed by atoms with van der Waals surface area (Å²) in [5.41, 5.74) is 4.85. The van der Waals surface area contributed by atoms with Gasteiger partial charge in [0.25, 0.3) is 11.8 Å². The van der Waals surface area contributed by atoms with Crippen molar-refractivity contribution in [2.45, 2.75) is 26.1 Å². The van der Waals surface area contributed by atoms with Gasteiger partial charge in [-0.1, -0.05) is 29.8 Å². The van der Waals surface area contributed by atoms with Gasteiger partial charge in [-0.25, -0.2) is 4.79 Å². The Bertz CT molecular complexity index is 796. The van der Waals surface area contributed by atoms with Gasteiger partial charge in [0.05, 0.1) is 0 Å². The van der Waals surface area contributed by atoms with Gasteiger partial charge in [-0.05, 0) is 50.2 Å². The number of amides is 2. The maximum atomic E-state index is 12.0. The maximum Gasteiger partial charge on any atom is 0.347 e. The molecule has 0 spiro atoms. The fraction of sp³-hybridized carbons (Fsp3) is 0.211. The molecule has 2 rings (SSSR count). The minimum atomic E-state index is -1.12. The predicted octanol–water partition coefficient (Wildman–Crippen LogP) is 2.50. The number of benzene rings is 2. The van der Waals surface area contributed by atoms with Gasteiger partial charge in [0.15, 0.2) is 12.2 Å². The number of halogens is 1. The third-order valence-electron chi connectivity index (χ3n) is 3.46. The summed E-state index contributed by atoms with van der Waals surface area (Å²) in [6.07, 6.45) is -2.05. The van der Waals surface area contributed by atoms with E-state index in [2.05, 4.69) is 10.9 Å². The number of carbonyl (C=O) groups excluding carboxylic acids is 3. The van der Waals surface area contributed by atoms with Crippen molar-refractivity contribution in [3.63, 3.8) is 0 Å². The summed E-state index contributed by atoms with van der Waals surface area (Å²) in [7, 11) is 0. The smallest absolute Gasteiger partial charge is 0.347 e. The molecule has 0 saturated carbocycles. The quantitative estimate of drug-likeness (QED) is 0.584. The molecule has 0 bridgehead atoms. The third kappa shape index (κ3) is 6.31. The molecule has 0 aliphatic heterocycles. The van der Waals surface area contributed by atoms with Crippen LogP contribution in [-0.2, 0) is 14.3 Å². The number of ether oxygens (including phenoxy) is 2. The fourth-order valence-electron chi connectivity index (χ4n) is 1.97. The van der Waals surface area contributed by atoms with E-state index in [1.54, 1.807) is 54.6 Å². The molecule has 0 aromatic heterocycles. The van der Waals surface area contributed by atoms with Gasteiger partial charge < -0.3 is 9.47 Å². The van der Waals surface area contributed by atoms with Crippen LogP contribution < -0.4 is 15.6 Å². The molecular formula is C19H19ClN2O5. The highest BCUT2D eigenvalue weighted by Crippen LogP contribution is 2.17. The molecule has 0 saturated heterocycles. The summed E-state index contributed by atoms with van der Waals surface area (Å²) < 4.78 is 10.5. The molecule has 0 radical (unpaired) electrons. The largest absolute Gasteiger partial charge is 0.479 e. The van der Waals surface area contributed by atoms with E-state index < -0.39 is 30.0 Å². The van der Waals surface area contributed by atoms with E-state index in [1.807, 2.05) is 0 Å². The zero-order valence-corrected chi connectivity index (χ0v) is 15.5. The molecule has 0 unspecified atom stereocenters. The van der Waals surface area contributed by atoms with Crippen LogP contribution in [0.25, 0.3) is 0 Å². The number of hydrogen-bond donors (Lipinski definition) is 2. The highest BCUT2D eigenvalue weighted by atomic mass is 35.5. The van der Waals surface area contributed by atoms with Crippen molar-refractivity contribution in [2.24, 2.45) is 0 Å². The number of rotatable bonds is 6. The van der Waals surface area contributed by atoms with Crippen molar-refractivity contribution in [3.05, 3.63) is 65.2 Å². The minimum absolute atomic E-state index is 0.382. The lowest BCUT2D eigenvalue weighted by Gasteiger charge is -2.18. The fourth-order valence-corrected chi connectivity index (χ4v) is 2.10. The molecule has 0 heterocycles. The monoisotopic (exact) mass is 390 g/mol. The van der Waals surface area contributed by atoms with Crippen molar-refractivity contribution >= 4 is 29.4 Å². The molecule has 2 N–H and O–H groups in total. The third-order valence-corrected chi connectivity index (χ3v) is 3.71. The first-order valence-corrected chi connectivity index (χ1v) is 8.52. The van der Waals surface area contributed by atoms with Crippen LogP contribution in [0, 0.1) is 0 Å². The van der Waals surface area contributed by atoms with Crippen LogP contribution in [0.2, 0.25) is 5.02 Å². The van der Waals surface area contributed by atoms with E-state index in [4.69, 9.17) is 21.1 Å².